The summed E-state index contributed by atoms with van der Waals surface area (Å²) < 4.78 is 0. The third-order valence-corrected chi connectivity index (χ3v) is 15.8. The van der Waals surface area contributed by atoms with Crippen LogP contribution in [0.4, 0.5) is 11.4 Å². The van der Waals surface area contributed by atoms with E-state index in [0.29, 0.717) is 0 Å². The minimum absolute atomic E-state index is 0. The van der Waals surface area contributed by atoms with Crippen LogP contribution in [0.2, 0.25) is 0 Å². The molecule has 326 valence electrons. The first-order valence-corrected chi connectivity index (χ1v) is 23.9. The maximum absolute atomic E-state index is 4.33. The van der Waals surface area contributed by atoms with E-state index in [1.54, 1.807) is 0 Å². The van der Waals surface area contributed by atoms with Crippen LogP contribution < -0.4 is 9.80 Å². The number of hydrogen-bond donors (Lipinski definition) is 0. The molecular formula is C60H56N4Pt. The number of allylic oxidation sites excluding steroid dienone is 4. The van der Waals surface area contributed by atoms with Crippen LogP contribution in [0.25, 0.3) is 22.3 Å². The molecule has 4 aliphatic carbocycles. The van der Waals surface area contributed by atoms with Crippen molar-refractivity contribution in [2.24, 2.45) is 0 Å². The molecule has 6 aromatic carbocycles. The first kappa shape index (κ1) is 41.1. The van der Waals surface area contributed by atoms with Crippen molar-refractivity contribution in [1.82, 2.24) is 9.80 Å². The normalized spacial score (nSPS) is 19.4. The molecule has 0 saturated carbocycles. The van der Waals surface area contributed by atoms with Crippen molar-refractivity contribution in [3.8, 4) is 22.3 Å². The molecule has 13 rings (SSSR count). The predicted octanol–water partition coefficient (Wildman–Crippen LogP) is 14.2. The Labute approximate surface area is 400 Å². The summed E-state index contributed by atoms with van der Waals surface area (Å²) in [6, 6.07) is 55.5. The van der Waals surface area contributed by atoms with Crippen molar-refractivity contribution >= 4 is 11.4 Å². The molecule has 0 amide bonds. The zero-order valence-corrected chi connectivity index (χ0v) is 40.7. The Balaban J connectivity index is 0.00000444. The number of anilines is 2. The quantitative estimate of drug-likeness (QED) is 0.140. The fourth-order valence-electron chi connectivity index (χ4n) is 12.7. The van der Waals surface area contributed by atoms with Gasteiger partial charge in [0.15, 0.2) is 0 Å². The zero-order chi connectivity index (χ0) is 43.3. The average molecular weight is 1030 g/mol. The molecule has 8 bridgehead atoms. The molecule has 4 nitrogen and oxygen atoms in total. The molecule has 0 atom stereocenters. The van der Waals surface area contributed by atoms with Gasteiger partial charge in [0.05, 0.1) is 0 Å². The molecule has 5 heteroatoms. The van der Waals surface area contributed by atoms with E-state index in [-0.39, 0.29) is 31.9 Å². The van der Waals surface area contributed by atoms with Crippen molar-refractivity contribution in [2.45, 2.75) is 115 Å². The van der Waals surface area contributed by atoms with E-state index in [0.717, 1.165) is 37.1 Å². The van der Waals surface area contributed by atoms with Gasteiger partial charge in [0.2, 0.25) is 0 Å². The number of benzene rings is 6. The Hall–Kier alpha value is -5.31. The minimum Gasteiger partial charge on any atom is -0.497 e. The van der Waals surface area contributed by atoms with E-state index in [1.165, 1.54) is 115 Å². The van der Waals surface area contributed by atoms with Gasteiger partial charge in [0.1, 0.15) is 5.66 Å². The fraction of sp³-hybridized carbons (Fsp3) is 0.300. The molecule has 65 heavy (non-hydrogen) atoms. The molecule has 3 heterocycles. The largest absolute Gasteiger partial charge is 4.00 e. The first-order chi connectivity index (χ1) is 31.0. The van der Waals surface area contributed by atoms with Crippen LogP contribution in [-0.2, 0) is 43.0 Å². The molecule has 0 unspecified atom stereocenters. The average Bonchev–Trinajstić information content (AvgIpc) is 4.05. The van der Waals surface area contributed by atoms with Gasteiger partial charge in [-0.1, -0.05) is 139 Å². The summed E-state index contributed by atoms with van der Waals surface area (Å²) in [5, 5.41) is 0. The Morgan fingerprint density at radius 1 is 0.446 bits per heavy atom. The van der Waals surface area contributed by atoms with Crippen LogP contribution in [-0.4, -0.2) is 9.80 Å². The minimum atomic E-state index is -0.680. The summed E-state index contributed by atoms with van der Waals surface area (Å²) in [5.41, 5.74) is 21.8. The third-order valence-electron chi connectivity index (χ3n) is 15.8. The maximum atomic E-state index is 4.33. The van der Waals surface area contributed by atoms with Gasteiger partial charge in [-0.05, 0) is 95.6 Å². The second kappa shape index (κ2) is 14.3. The fourth-order valence-corrected chi connectivity index (χ4v) is 12.7. The number of nitrogens with zero attached hydrogens (tertiary/aromatic N) is 4. The Morgan fingerprint density at radius 3 is 1.17 bits per heavy atom. The van der Waals surface area contributed by atoms with Crippen molar-refractivity contribution in [3.05, 3.63) is 214 Å². The van der Waals surface area contributed by atoms with E-state index in [1.807, 2.05) is 0 Å². The Morgan fingerprint density at radius 2 is 0.785 bits per heavy atom. The molecule has 0 fully saturated rings. The van der Waals surface area contributed by atoms with E-state index >= 15 is 0 Å². The van der Waals surface area contributed by atoms with Crippen LogP contribution in [0.15, 0.2) is 144 Å². The number of fused-ring (bicyclic) bond motifs is 28. The molecule has 0 aromatic heterocycles. The van der Waals surface area contributed by atoms with Crippen molar-refractivity contribution in [1.29, 1.82) is 0 Å². The van der Waals surface area contributed by atoms with E-state index < -0.39 is 11.1 Å². The van der Waals surface area contributed by atoms with E-state index in [9.17, 15) is 0 Å². The molecule has 0 N–H and O–H groups in total. The van der Waals surface area contributed by atoms with Gasteiger partial charge in [-0.3, -0.25) is 0 Å². The van der Waals surface area contributed by atoms with Gasteiger partial charge in [-0.15, -0.1) is 48.0 Å². The standard InChI is InChI=1S/C60H56N4.Pt/c1-57(2,3)39-31-41-35-43(33-39)61-37-63(55-29-17-15-27-53(55)61)60(51-25-13-9-21-47(51)48-22-10-14-26-52(48)60)64-38-62(54-28-16-18-30-56(54)64)44-34-40(58(4,5)6)32-42(36-44)59(41)49-23-11-7-19-45(49)46-20-8-12-24-50(46)59;/h7-14,19-26,31-34,37-38H,15-18,27-30H2,1-6H3;/q-4;+4. The van der Waals surface area contributed by atoms with Crippen LogP contribution in [0.1, 0.15) is 137 Å². The van der Waals surface area contributed by atoms with Gasteiger partial charge in [-0.25, -0.2) is 0 Å². The maximum Gasteiger partial charge on any atom is 4.00 e. The molecule has 0 radical (unpaired) electrons. The second-order valence-electron chi connectivity index (χ2n) is 21.4. The summed E-state index contributed by atoms with van der Waals surface area (Å²) in [6.45, 7) is 19.3. The van der Waals surface area contributed by atoms with Crippen molar-refractivity contribution in [3.63, 3.8) is 0 Å². The van der Waals surface area contributed by atoms with Gasteiger partial charge < -0.3 is 19.6 Å². The van der Waals surface area contributed by atoms with Gasteiger partial charge >= 0.3 is 21.1 Å². The summed E-state index contributed by atoms with van der Waals surface area (Å²) in [7, 11) is 0. The monoisotopic (exact) mass is 1030 g/mol. The van der Waals surface area contributed by atoms with Gasteiger partial charge in [0.25, 0.3) is 0 Å². The SMILES string of the molecule is CC(C)(C)c1cc2[c-]c(c1)C1(c3[c-]c(cc(C(C)(C)C)c3)N3[CH-]N(C4=C3CCCC4)C3(c4ccccc4-c4ccccc43)N3[CH-]N2C2=C3CCCC2)c2ccccc2-c2ccccc21.[Pt+4]. The molecule has 0 saturated heterocycles. The molecular weight excluding hydrogens is 972 g/mol. The zero-order valence-electron chi connectivity index (χ0n) is 38.5. The smallest absolute Gasteiger partial charge is 0.497 e. The Bertz CT molecular complexity index is 2820. The van der Waals surface area contributed by atoms with E-state index in [4.69, 9.17) is 0 Å². The topological polar surface area (TPSA) is 13.0 Å². The summed E-state index contributed by atoms with van der Waals surface area (Å²) in [6.07, 6.45) is 8.78. The third kappa shape index (κ3) is 5.53. The molecule has 3 aliphatic heterocycles. The summed E-state index contributed by atoms with van der Waals surface area (Å²) in [5.74, 6) is 0. The van der Waals surface area contributed by atoms with Crippen LogP contribution in [0.3, 0.4) is 0 Å². The van der Waals surface area contributed by atoms with Crippen LogP contribution >= 0.6 is 0 Å². The van der Waals surface area contributed by atoms with Crippen molar-refractivity contribution < 1.29 is 21.1 Å². The van der Waals surface area contributed by atoms with Crippen molar-refractivity contribution in [2.75, 3.05) is 9.80 Å². The second-order valence-corrected chi connectivity index (χ2v) is 21.4. The summed E-state index contributed by atoms with van der Waals surface area (Å²) in [4.78, 5) is 10.6. The first-order valence-electron chi connectivity index (χ1n) is 23.9. The van der Waals surface area contributed by atoms with Crippen LogP contribution in [0.5, 0.6) is 0 Å². The molecule has 6 aromatic rings. The van der Waals surface area contributed by atoms with Crippen LogP contribution in [0, 0.1) is 25.5 Å². The summed E-state index contributed by atoms with van der Waals surface area (Å²) >= 11 is 0. The predicted molar refractivity (Wildman–Crippen MR) is 260 cm³/mol. The molecule has 7 aliphatic rings. The Kier molecular flexibility index (Phi) is 9.08. The number of hydrogen-bond acceptors (Lipinski definition) is 4. The van der Waals surface area contributed by atoms with Gasteiger partial charge in [0, 0.05) is 39.3 Å². The molecule has 2 spiro atoms. The van der Waals surface area contributed by atoms with E-state index in [2.05, 4.69) is 208 Å². The number of rotatable bonds is 0. The van der Waals surface area contributed by atoms with Gasteiger partial charge in [-0.2, -0.15) is 35.4 Å².